The van der Waals surface area contributed by atoms with E-state index in [1.165, 1.54) is 11.1 Å². The first-order valence-electron chi connectivity index (χ1n) is 13.9. The van der Waals surface area contributed by atoms with Gasteiger partial charge in [0.25, 0.3) is 0 Å². The van der Waals surface area contributed by atoms with Crippen molar-refractivity contribution < 1.29 is 14.3 Å². The second kappa shape index (κ2) is 13.8. The lowest BCUT2D eigenvalue weighted by Crippen LogP contribution is -2.41. The van der Waals surface area contributed by atoms with E-state index in [1.807, 2.05) is 63.6 Å². The Balaban J connectivity index is 1.41. The van der Waals surface area contributed by atoms with E-state index in [4.69, 9.17) is 4.74 Å². The Hall–Kier alpha value is -3.78. The van der Waals surface area contributed by atoms with E-state index in [1.54, 1.807) is 16.0 Å². The van der Waals surface area contributed by atoms with Gasteiger partial charge in [0.15, 0.2) is 0 Å². The third kappa shape index (κ3) is 7.00. The highest BCUT2D eigenvalue weighted by molar-refractivity contribution is 6.17. The maximum atomic E-state index is 13.2. The monoisotopic (exact) mass is 529 g/mol. The summed E-state index contributed by atoms with van der Waals surface area (Å²) in [5.41, 5.74) is 3.95. The van der Waals surface area contributed by atoms with Gasteiger partial charge in [0.1, 0.15) is 11.7 Å². The predicted octanol–water partition coefficient (Wildman–Crippen LogP) is 4.74. The Kier molecular flexibility index (Phi) is 10.0. The minimum atomic E-state index is -0.653. The van der Waals surface area contributed by atoms with Crippen molar-refractivity contribution in [3.8, 4) is 5.75 Å². The molecular formula is C31H39N5O3. The summed E-state index contributed by atoms with van der Waals surface area (Å²) in [6, 6.07) is 13.9. The van der Waals surface area contributed by atoms with Crippen molar-refractivity contribution in [2.24, 2.45) is 5.92 Å². The molecule has 0 aliphatic carbocycles. The number of ether oxygens (including phenoxy) is 1. The SMILES string of the molecule is CCC1C(=O)N(CC)c2ccc(OCCCN(CCc3cccnc3)Cc3ccncc3)cc2N(CC)C1=O. The number of benzene rings is 1. The van der Waals surface area contributed by atoms with E-state index in [0.29, 0.717) is 31.9 Å². The van der Waals surface area contributed by atoms with Crippen LogP contribution in [0.25, 0.3) is 0 Å². The van der Waals surface area contributed by atoms with Gasteiger partial charge in [0.05, 0.1) is 18.0 Å². The minimum absolute atomic E-state index is 0.128. The summed E-state index contributed by atoms with van der Waals surface area (Å²) in [6.45, 7) is 9.97. The molecule has 0 bridgehead atoms. The molecule has 2 amide bonds. The highest BCUT2D eigenvalue weighted by Gasteiger charge is 2.38. The molecular weight excluding hydrogens is 490 g/mol. The Morgan fingerprint density at radius 1 is 0.846 bits per heavy atom. The van der Waals surface area contributed by atoms with Crippen LogP contribution in [0.15, 0.2) is 67.3 Å². The molecule has 0 radical (unpaired) electrons. The Morgan fingerprint density at radius 3 is 2.26 bits per heavy atom. The number of rotatable bonds is 13. The summed E-state index contributed by atoms with van der Waals surface area (Å²) < 4.78 is 6.17. The third-order valence-electron chi connectivity index (χ3n) is 7.18. The van der Waals surface area contributed by atoms with Crippen molar-refractivity contribution in [1.29, 1.82) is 0 Å². The van der Waals surface area contributed by atoms with E-state index in [-0.39, 0.29) is 11.8 Å². The molecule has 0 spiro atoms. The van der Waals surface area contributed by atoms with E-state index in [9.17, 15) is 9.59 Å². The van der Waals surface area contributed by atoms with Gasteiger partial charge in [-0.15, -0.1) is 0 Å². The van der Waals surface area contributed by atoms with Crippen LogP contribution in [-0.2, 0) is 22.6 Å². The van der Waals surface area contributed by atoms with Gasteiger partial charge in [-0.1, -0.05) is 13.0 Å². The second-order valence-electron chi connectivity index (χ2n) is 9.72. The van der Waals surface area contributed by atoms with Crippen LogP contribution in [-0.4, -0.2) is 59.5 Å². The summed E-state index contributed by atoms with van der Waals surface area (Å²) in [4.78, 5) is 40.6. The number of fused-ring (bicyclic) bond motifs is 1. The Bertz CT molecular complexity index is 1220. The molecule has 8 nitrogen and oxygen atoms in total. The van der Waals surface area contributed by atoms with Crippen LogP contribution < -0.4 is 14.5 Å². The second-order valence-corrected chi connectivity index (χ2v) is 9.72. The molecule has 206 valence electrons. The highest BCUT2D eigenvalue weighted by Crippen LogP contribution is 2.38. The van der Waals surface area contributed by atoms with Crippen LogP contribution in [0.1, 0.15) is 44.7 Å². The molecule has 0 N–H and O–H groups in total. The molecule has 39 heavy (non-hydrogen) atoms. The lowest BCUT2D eigenvalue weighted by atomic mass is 10.0. The summed E-state index contributed by atoms with van der Waals surface area (Å²) in [5.74, 6) is -0.217. The van der Waals surface area contributed by atoms with Gasteiger partial charge < -0.3 is 14.5 Å². The average Bonchev–Trinajstić information content (AvgIpc) is 3.05. The standard InChI is InChI=1S/C31H39N5O3/c1-4-27-30(37)35(5-2)28-11-10-26(21-29(28)36(6-3)31(27)38)39-20-8-18-34(23-25-12-16-32-17-13-25)19-14-24-9-7-15-33-22-24/h7,9-13,15-17,21-22,27H,4-6,8,14,18-20,23H2,1-3H3. The number of amides is 2. The molecule has 1 aliphatic heterocycles. The highest BCUT2D eigenvalue weighted by atomic mass is 16.5. The fourth-order valence-electron chi connectivity index (χ4n) is 5.09. The maximum absolute atomic E-state index is 13.2. The number of hydrogen-bond donors (Lipinski definition) is 0. The van der Waals surface area contributed by atoms with Crippen LogP contribution >= 0.6 is 0 Å². The van der Waals surface area contributed by atoms with Crippen molar-refractivity contribution in [1.82, 2.24) is 14.9 Å². The first kappa shape index (κ1) is 28.2. The average molecular weight is 530 g/mol. The molecule has 3 heterocycles. The van der Waals surface area contributed by atoms with Gasteiger partial charge >= 0.3 is 0 Å². The molecule has 0 saturated carbocycles. The van der Waals surface area contributed by atoms with Crippen molar-refractivity contribution in [3.05, 3.63) is 78.4 Å². The van der Waals surface area contributed by atoms with E-state index in [2.05, 4.69) is 33.1 Å². The quantitative estimate of drug-likeness (QED) is 0.235. The maximum Gasteiger partial charge on any atom is 0.239 e. The number of anilines is 2. The first-order chi connectivity index (χ1) is 19.0. The van der Waals surface area contributed by atoms with Crippen LogP contribution in [0.5, 0.6) is 5.75 Å². The number of carbonyl (C=O) groups excluding carboxylic acids is 2. The van der Waals surface area contributed by atoms with Crippen LogP contribution in [0.4, 0.5) is 11.4 Å². The smallest absolute Gasteiger partial charge is 0.239 e. The molecule has 1 atom stereocenters. The van der Waals surface area contributed by atoms with E-state index < -0.39 is 5.92 Å². The molecule has 8 heteroatoms. The number of carbonyl (C=O) groups is 2. The molecule has 4 rings (SSSR count). The molecule has 2 aromatic heterocycles. The van der Waals surface area contributed by atoms with Gasteiger partial charge in [-0.25, -0.2) is 0 Å². The third-order valence-corrected chi connectivity index (χ3v) is 7.18. The minimum Gasteiger partial charge on any atom is -0.493 e. The van der Waals surface area contributed by atoms with Crippen LogP contribution in [0.3, 0.4) is 0 Å². The predicted molar refractivity (Wildman–Crippen MR) is 154 cm³/mol. The number of nitrogens with zero attached hydrogens (tertiary/aromatic N) is 5. The zero-order valence-electron chi connectivity index (χ0n) is 23.3. The largest absolute Gasteiger partial charge is 0.493 e. The number of aromatic nitrogens is 2. The topological polar surface area (TPSA) is 78.9 Å². The fraction of sp³-hybridized carbons (Fsp3) is 0.419. The van der Waals surface area contributed by atoms with E-state index in [0.717, 1.165) is 43.9 Å². The molecule has 1 aliphatic rings. The molecule has 3 aromatic rings. The summed E-state index contributed by atoms with van der Waals surface area (Å²) >= 11 is 0. The van der Waals surface area contributed by atoms with Crippen molar-refractivity contribution in [2.45, 2.75) is 46.6 Å². The Morgan fingerprint density at radius 2 is 1.59 bits per heavy atom. The summed E-state index contributed by atoms with van der Waals surface area (Å²) in [5, 5.41) is 0. The first-order valence-corrected chi connectivity index (χ1v) is 13.9. The Labute approximate surface area is 231 Å². The molecule has 1 unspecified atom stereocenters. The van der Waals surface area contributed by atoms with E-state index >= 15 is 0 Å². The normalized spacial score (nSPS) is 15.4. The van der Waals surface area contributed by atoms with Gasteiger partial charge in [0.2, 0.25) is 11.8 Å². The lowest BCUT2D eigenvalue weighted by Gasteiger charge is -2.25. The van der Waals surface area contributed by atoms with Gasteiger partial charge in [-0.3, -0.25) is 24.5 Å². The van der Waals surface area contributed by atoms with Gasteiger partial charge in [0, 0.05) is 63.6 Å². The lowest BCUT2D eigenvalue weighted by molar-refractivity contribution is -0.132. The summed E-state index contributed by atoms with van der Waals surface area (Å²) in [6.07, 6.45) is 9.64. The molecule has 1 aromatic carbocycles. The van der Waals surface area contributed by atoms with Crippen LogP contribution in [0.2, 0.25) is 0 Å². The number of pyridine rings is 2. The fourth-order valence-corrected chi connectivity index (χ4v) is 5.09. The summed E-state index contributed by atoms with van der Waals surface area (Å²) in [7, 11) is 0. The zero-order chi connectivity index (χ0) is 27.6. The van der Waals surface area contributed by atoms with Crippen molar-refractivity contribution in [2.75, 3.05) is 42.6 Å². The zero-order valence-corrected chi connectivity index (χ0v) is 23.3. The van der Waals surface area contributed by atoms with Crippen molar-refractivity contribution in [3.63, 3.8) is 0 Å². The van der Waals surface area contributed by atoms with Crippen molar-refractivity contribution >= 4 is 23.2 Å². The van der Waals surface area contributed by atoms with Crippen LogP contribution in [0, 0.1) is 5.92 Å². The molecule has 0 saturated heterocycles. The number of hydrogen-bond acceptors (Lipinski definition) is 6. The molecule has 0 fully saturated rings. The van der Waals surface area contributed by atoms with Gasteiger partial charge in [-0.05, 0) is 74.6 Å². The van der Waals surface area contributed by atoms with Gasteiger partial charge in [-0.2, -0.15) is 0 Å².